The Morgan fingerprint density at radius 1 is 0.571 bits per heavy atom. The van der Waals surface area contributed by atoms with E-state index in [2.05, 4.69) is 0 Å². The Hall–Kier alpha value is -2.94. The maximum absolute atomic E-state index is 10.4. The van der Waals surface area contributed by atoms with Gasteiger partial charge in [0.2, 0.25) is 0 Å². The minimum absolute atomic E-state index is 0.0726. The summed E-state index contributed by atoms with van der Waals surface area (Å²) < 4.78 is 0. The number of aromatic hydroxyl groups is 3. The predicted molar refractivity (Wildman–Crippen MR) is 114 cm³/mol. The Kier molecular flexibility index (Phi) is 5.12. The molecule has 0 fully saturated rings. The lowest BCUT2D eigenvalue weighted by Gasteiger charge is -2.26. The molecule has 0 saturated carbocycles. The standard InChI is InChI=1S/C25H28O3/c1-13-11-21(15(3)17(5)24(13)27)23(19-7-9-20(26)10-8-19)22-12-14(2)25(28)18(6)16(22)4/h7-12,23,26-28H,1-6H3. The average molecular weight is 376 g/mol. The van der Waals surface area contributed by atoms with Crippen LogP contribution in [0.1, 0.15) is 56.0 Å². The molecule has 0 unspecified atom stereocenters. The minimum Gasteiger partial charge on any atom is -0.508 e. The second-order valence-corrected chi connectivity index (χ2v) is 7.79. The maximum atomic E-state index is 10.4. The first kappa shape index (κ1) is 19.8. The quantitative estimate of drug-likeness (QED) is 0.504. The Bertz CT molecular complexity index is 983. The van der Waals surface area contributed by atoms with Crippen LogP contribution in [0.15, 0.2) is 36.4 Å². The number of benzene rings is 3. The average Bonchev–Trinajstić information content (AvgIpc) is 2.67. The van der Waals surface area contributed by atoms with Gasteiger partial charge < -0.3 is 15.3 Å². The first-order valence-electron chi connectivity index (χ1n) is 9.51. The van der Waals surface area contributed by atoms with Gasteiger partial charge in [0.1, 0.15) is 17.2 Å². The van der Waals surface area contributed by atoms with E-state index in [0.29, 0.717) is 11.5 Å². The summed E-state index contributed by atoms with van der Waals surface area (Å²) >= 11 is 0. The van der Waals surface area contributed by atoms with Crippen LogP contribution in [0.4, 0.5) is 0 Å². The summed E-state index contributed by atoms with van der Waals surface area (Å²) in [6.07, 6.45) is 0. The molecule has 0 aliphatic heterocycles. The third-order valence-electron chi connectivity index (χ3n) is 6.04. The third-order valence-corrected chi connectivity index (χ3v) is 6.04. The first-order chi connectivity index (χ1) is 13.1. The molecule has 0 spiro atoms. The highest BCUT2D eigenvalue weighted by molar-refractivity contribution is 5.59. The maximum Gasteiger partial charge on any atom is 0.121 e. The second kappa shape index (κ2) is 7.23. The van der Waals surface area contributed by atoms with Gasteiger partial charge >= 0.3 is 0 Å². The molecular formula is C25H28O3. The van der Waals surface area contributed by atoms with Gasteiger partial charge in [0.15, 0.2) is 0 Å². The molecule has 0 bridgehead atoms. The van der Waals surface area contributed by atoms with Gasteiger partial charge in [-0.15, -0.1) is 0 Å². The molecule has 0 aliphatic carbocycles. The highest BCUT2D eigenvalue weighted by Gasteiger charge is 2.25. The van der Waals surface area contributed by atoms with Crippen molar-refractivity contribution in [1.29, 1.82) is 0 Å². The van der Waals surface area contributed by atoms with Crippen molar-refractivity contribution in [2.75, 3.05) is 0 Å². The highest BCUT2D eigenvalue weighted by Crippen LogP contribution is 2.42. The molecule has 0 radical (unpaired) electrons. The van der Waals surface area contributed by atoms with E-state index in [1.807, 2.05) is 65.8 Å². The lowest BCUT2D eigenvalue weighted by atomic mass is 9.78. The van der Waals surface area contributed by atoms with Crippen LogP contribution in [0.5, 0.6) is 17.2 Å². The molecule has 28 heavy (non-hydrogen) atoms. The number of phenols is 3. The van der Waals surface area contributed by atoms with Gasteiger partial charge in [-0.2, -0.15) is 0 Å². The van der Waals surface area contributed by atoms with E-state index in [1.165, 1.54) is 0 Å². The molecule has 0 saturated heterocycles. The van der Waals surface area contributed by atoms with Crippen LogP contribution in [0.25, 0.3) is 0 Å². The zero-order valence-electron chi connectivity index (χ0n) is 17.4. The SMILES string of the molecule is Cc1cc(C(c2ccc(O)cc2)c2cc(C)c(O)c(C)c2C)c(C)c(C)c1O. The summed E-state index contributed by atoms with van der Waals surface area (Å²) in [4.78, 5) is 0. The van der Waals surface area contributed by atoms with Gasteiger partial charge in [-0.3, -0.25) is 0 Å². The van der Waals surface area contributed by atoms with Crippen LogP contribution in [-0.4, -0.2) is 15.3 Å². The van der Waals surface area contributed by atoms with Crippen molar-refractivity contribution < 1.29 is 15.3 Å². The molecule has 3 N–H and O–H groups in total. The van der Waals surface area contributed by atoms with Crippen molar-refractivity contribution in [1.82, 2.24) is 0 Å². The van der Waals surface area contributed by atoms with Crippen LogP contribution in [0, 0.1) is 41.5 Å². The van der Waals surface area contributed by atoms with Crippen molar-refractivity contribution in [2.45, 2.75) is 47.5 Å². The molecule has 0 aromatic heterocycles. The van der Waals surface area contributed by atoms with E-state index in [0.717, 1.165) is 50.1 Å². The summed E-state index contributed by atoms with van der Waals surface area (Å²) in [6, 6.07) is 11.4. The van der Waals surface area contributed by atoms with Crippen molar-refractivity contribution in [3.05, 3.63) is 86.5 Å². The van der Waals surface area contributed by atoms with Crippen LogP contribution >= 0.6 is 0 Å². The summed E-state index contributed by atoms with van der Waals surface area (Å²) in [5.74, 6) is 0.824. The molecule has 3 heteroatoms. The van der Waals surface area contributed by atoms with E-state index in [1.54, 1.807) is 12.1 Å². The molecule has 0 heterocycles. The molecule has 0 atom stereocenters. The Labute approximate surface area is 166 Å². The summed E-state index contributed by atoms with van der Waals surface area (Å²) in [6.45, 7) is 11.8. The second-order valence-electron chi connectivity index (χ2n) is 7.79. The monoisotopic (exact) mass is 376 g/mol. The smallest absolute Gasteiger partial charge is 0.121 e. The van der Waals surface area contributed by atoms with Gasteiger partial charge in [-0.25, -0.2) is 0 Å². The predicted octanol–water partition coefficient (Wildman–Crippen LogP) is 5.83. The van der Waals surface area contributed by atoms with Crippen LogP contribution in [-0.2, 0) is 0 Å². The topological polar surface area (TPSA) is 60.7 Å². The van der Waals surface area contributed by atoms with Crippen LogP contribution < -0.4 is 0 Å². The first-order valence-corrected chi connectivity index (χ1v) is 9.51. The zero-order valence-corrected chi connectivity index (χ0v) is 17.4. The fourth-order valence-corrected chi connectivity index (χ4v) is 3.99. The molecular weight excluding hydrogens is 348 g/mol. The van der Waals surface area contributed by atoms with Crippen molar-refractivity contribution >= 4 is 0 Å². The third kappa shape index (κ3) is 3.22. The fraction of sp³-hybridized carbons (Fsp3) is 0.280. The molecule has 3 rings (SSSR count). The van der Waals surface area contributed by atoms with Gasteiger partial charge in [-0.05, 0) is 104 Å². The van der Waals surface area contributed by atoms with Crippen molar-refractivity contribution in [3.8, 4) is 17.2 Å². The van der Waals surface area contributed by atoms with E-state index < -0.39 is 0 Å². The molecule has 3 aromatic carbocycles. The zero-order chi connectivity index (χ0) is 20.7. The Morgan fingerprint density at radius 2 is 0.964 bits per heavy atom. The largest absolute Gasteiger partial charge is 0.508 e. The van der Waals surface area contributed by atoms with Crippen molar-refractivity contribution in [2.24, 2.45) is 0 Å². The van der Waals surface area contributed by atoms with Crippen LogP contribution in [0.2, 0.25) is 0 Å². The van der Waals surface area contributed by atoms with Gasteiger partial charge in [0, 0.05) is 5.92 Å². The summed E-state index contributed by atoms with van der Waals surface area (Å²) in [5.41, 5.74) is 8.81. The van der Waals surface area contributed by atoms with Gasteiger partial charge in [0.25, 0.3) is 0 Å². The number of rotatable bonds is 3. The molecule has 3 aromatic rings. The van der Waals surface area contributed by atoms with E-state index >= 15 is 0 Å². The molecule has 3 nitrogen and oxygen atoms in total. The summed E-state index contributed by atoms with van der Waals surface area (Å²) in [7, 11) is 0. The lowest BCUT2D eigenvalue weighted by Crippen LogP contribution is -2.10. The van der Waals surface area contributed by atoms with Crippen molar-refractivity contribution in [3.63, 3.8) is 0 Å². The van der Waals surface area contributed by atoms with Gasteiger partial charge in [-0.1, -0.05) is 24.3 Å². The normalized spacial score (nSPS) is 11.2. The Morgan fingerprint density at radius 3 is 1.36 bits per heavy atom. The fourth-order valence-electron chi connectivity index (χ4n) is 3.99. The molecule has 0 aliphatic rings. The summed E-state index contributed by atoms with van der Waals surface area (Å²) in [5, 5.41) is 30.5. The number of hydrogen-bond donors (Lipinski definition) is 3. The number of aryl methyl sites for hydroxylation is 2. The van der Waals surface area contributed by atoms with E-state index in [-0.39, 0.29) is 11.7 Å². The lowest BCUT2D eigenvalue weighted by molar-refractivity contribution is 0.465. The molecule has 0 amide bonds. The highest BCUT2D eigenvalue weighted by atomic mass is 16.3. The number of hydrogen-bond acceptors (Lipinski definition) is 3. The van der Waals surface area contributed by atoms with Gasteiger partial charge in [0.05, 0.1) is 0 Å². The van der Waals surface area contributed by atoms with Crippen LogP contribution in [0.3, 0.4) is 0 Å². The molecule has 146 valence electrons. The van der Waals surface area contributed by atoms with E-state index in [9.17, 15) is 15.3 Å². The van der Waals surface area contributed by atoms with E-state index in [4.69, 9.17) is 0 Å². The Balaban J connectivity index is 2.38. The number of phenolic OH excluding ortho intramolecular Hbond substituents is 3. The minimum atomic E-state index is -0.0726.